The number of hydrogen-bond acceptors (Lipinski definition) is 5. The number of anilines is 1. The summed E-state index contributed by atoms with van der Waals surface area (Å²) in [6.45, 7) is 0. The zero-order valence-corrected chi connectivity index (χ0v) is 13.4. The van der Waals surface area contributed by atoms with Crippen molar-refractivity contribution < 1.29 is 13.9 Å². The average Bonchev–Trinajstić information content (AvgIpc) is 3.16. The molecule has 0 saturated carbocycles. The van der Waals surface area contributed by atoms with Crippen LogP contribution in [0.1, 0.15) is 17.3 Å². The molecule has 8 heteroatoms. The Morgan fingerprint density at radius 2 is 2.08 bits per heavy atom. The van der Waals surface area contributed by atoms with E-state index in [0.29, 0.717) is 17.9 Å². The van der Waals surface area contributed by atoms with Crippen molar-refractivity contribution in [3.8, 4) is 5.75 Å². The van der Waals surface area contributed by atoms with Gasteiger partial charge in [0.25, 0.3) is 0 Å². The minimum absolute atomic E-state index is 0.224. The second kappa shape index (κ2) is 7.52. The predicted molar refractivity (Wildman–Crippen MR) is 87.6 cm³/mol. The molecule has 3 aromatic rings. The number of nitrogens with zero attached hydrogens (tertiary/aromatic N) is 4. The van der Waals surface area contributed by atoms with Gasteiger partial charge < -0.3 is 15.2 Å². The molecule has 0 aliphatic heterocycles. The topological polar surface area (TPSA) is 91.1 Å². The largest absolute Gasteiger partial charge is 0.497 e. The van der Waals surface area contributed by atoms with Crippen molar-refractivity contribution in [2.75, 3.05) is 12.4 Å². The molecule has 7 nitrogen and oxygen atoms in total. The summed E-state index contributed by atoms with van der Waals surface area (Å²) in [5.74, 6) is -0.479. The number of carbonyl (C=O) groups is 1. The van der Waals surface area contributed by atoms with Gasteiger partial charge in [-0.25, -0.2) is 4.39 Å². The standard InChI is InChI=1S/C17H16FN5O2/c1-25-14-4-2-3-11(9-14)10-15(16-20-22-23-21-16)17(24)19-13-7-5-12(18)6-8-13/h2-9,15H,10H2,1H3,(H2,19,20,21,22,23,24)/p-1/t15-/m0/s1. The van der Waals surface area contributed by atoms with Gasteiger partial charge in [-0.3, -0.25) is 15.1 Å². The molecule has 0 radical (unpaired) electrons. The van der Waals surface area contributed by atoms with E-state index in [1.54, 1.807) is 7.11 Å². The van der Waals surface area contributed by atoms with Crippen molar-refractivity contribution >= 4 is 11.6 Å². The van der Waals surface area contributed by atoms with Crippen molar-refractivity contribution in [2.24, 2.45) is 0 Å². The summed E-state index contributed by atoms with van der Waals surface area (Å²) in [4.78, 5) is 12.7. The third-order valence-electron chi connectivity index (χ3n) is 3.65. The Kier molecular flexibility index (Phi) is 4.98. The highest BCUT2D eigenvalue weighted by atomic mass is 19.1. The van der Waals surface area contributed by atoms with Gasteiger partial charge in [0.2, 0.25) is 5.91 Å². The highest BCUT2D eigenvalue weighted by Crippen LogP contribution is 2.22. The molecular weight excluding hydrogens is 325 g/mol. The number of tetrazole rings is 1. The highest BCUT2D eigenvalue weighted by Gasteiger charge is 2.21. The quantitative estimate of drug-likeness (QED) is 0.737. The molecule has 3 rings (SSSR count). The van der Waals surface area contributed by atoms with E-state index in [0.717, 1.165) is 5.56 Å². The first-order chi connectivity index (χ1) is 12.2. The monoisotopic (exact) mass is 340 g/mol. The number of amides is 1. The van der Waals surface area contributed by atoms with Gasteiger partial charge >= 0.3 is 0 Å². The summed E-state index contributed by atoms with van der Waals surface area (Å²) in [5.41, 5.74) is 1.36. The molecular formula is C17H15FN5O2-. The normalized spacial score (nSPS) is 11.8. The Balaban J connectivity index is 1.81. The third-order valence-corrected chi connectivity index (χ3v) is 3.65. The molecule has 0 bridgehead atoms. The van der Waals surface area contributed by atoms with E-state index < -0.39 is 5.92 Å². The van der Waals surface area contributed by atoms with Gasteiger partial charge in [-0.15, -0.1) is 0 Å². The smallest absolute Gasteiger partial charge is 0.232 e. The van der Waals surface area contributed by atoms with Crippen LogP contribution in [0.2, 0.25) is 0 Å². The number of halogens is 1. The summed E-state index contributed by atoms with van der Waals surface area (Å²) in [7, 11) is 1.58. The molecule has 1 atom stereocenters. The lowest BCUT2D eigenvalue weighted by atomic mass is 9.97. The van der Waals surface area contributed by atoms with Gasteiger partial charge in [0, 0.05) is 11.5 Å². The molecule has 1 aromatic heterocycles. The van der Waals surface area contributed by atoms with Gasteiger partial charge in [-0.2, -0.15) is 5.21 Å². The fourth-order valence-corrected chi connectivity index (χ4v) is 2.39. The number of hydrogen-bond donors (Lipinski definition) is 1. The van der Waals surface area contributed by atoms with E-state index in [-0.39, 0.29) is 17.5 Å². The second-order valence-corrected chi connectivity index (χ2v) is 5.34. The van der Waals surface area contributed by atoms with Crippen molar-refractivity contribution in [1.82, 2.24) is 20.6 Å². The van der Waals surface area contributed by atoms with Crippen LogP contribution in [0.4, 0.5) is 10.1 Å². The Labute approximate surface area is 143 Å². The van der Waals surface area contributed by atoms with Gasteiger partial charge in [0.1, 0.15) is 11.6 Å². The van der Waals surface area contributed by atoms with Crippen molar-refractivity contribution in [3.05, 3.63) is 65.7 Å². The number of methoxy groups -OCH3 is 1. The minimum atomic E-state index is -0.688. The molecule has 0 saturated heterocycles. The maximum absolute atomic E-state index is 13.0. The predicted octanol–water partition coefficient (Wildman–Crippen LogP) is 1.94. The van der Waals surface area contributed by atoms with Crippen LogP contribution in [0.5, 0.6) is 5.75 Å². The average molecular weight is 340 g/mol. The Morgan fingerprint density at radius 3 is 2.76 bits per heavy atom. The molecule has 0 spiro atoms. The van der Waals surface area contributed by atoms with Gasteiger partial charge in [0.05, 0.1) is 13.0 Å². The molecule has 25 heavy (non-hydrogen) atoms. The molecule has 128 valence electrons. The van der Waals surface area contributed by atoms with Crippen molar-refractivity contribution in [3.63, 3.8) is 0 Å². The van der Waals surface area contributed by atoms with Crippen LogP contribution in [0.25, 0.3) is 0 Å². The van der Waals surface area contributed by atoms with Crippen LogP contribution in [0.3, 0.4) is 0 Å². The molecule has 1 heterocycles. The van der Waals surface area contributed by atoms with E-state index in [4.69, 9.17) is 4.74 Å². The van der Waals surface area contributed by atoms with Crippen molar-refractivity contribution in [1.29, 1.82) is 0 Å². The van der Waals surface area contributed by atoms with Crippen LogP contribution >= 0.6 is 0 Å². The van der Waals surface area contributed by atoms with E-state index in [1.165, 1.54) is 24.3 Å². The lowest BCUT2D eigenvalue weighted by Crippen LogP contribution is -2.24. The maximum atomic E-state index is 13.0. The molecule has 0 fully saturated rings. The lowest BCUT2D eigenvalue weighted by molar-refractivity contribution is -0.117. The van der Waals surface area contributed by atoms with Crippen LogP contribution in [0, 0.1) is 5.82 Å². The maximum Gasteiger partial charge on any atom is 0.232 e. The SMILES string of the molecule is COc1cccc(C[C@H](C(=O)Nc2ccc(F)cc2)c2nnn[n-]2)c1. The number of rotatable bonds is 6. The Morgan fingerprint density at radius 1 is 1.28 bits per heavy atom. The molecule has 2 aromatic carbocycles. The molecule has 0 aliphatic rings. The summed E-state index contributed by atoms with van der Waals surface area (Å²) in [6.07, 6.45) is 0.345. The van der Waals surface area contributed by atoms with Crippen LogP contribution in [0.15, 0.2) is 48.5 Å². The fraction of sp³-hybridized carbons (Fsp3) is 0.176. The molecule has 1 N–H and O–H groups in total. The number of nitrogens with one attached hydrogen (secondary N) is 1. The first-order valence-corrected chi connectivity index (χ1v) is 7.53. The first kappa shape index (κ1) is 16.6. The second-order valence-electron chi connectivity index (χ2n) is 5.34. The number of ether oxygens (including phenoxy) is 1. The van der Waals surface area contributed by atoms with Crippen LogP contribution in [-0.2, 0) is 11.2 Å². The summed E-state index contributed by atoms with van der Waals surface area (Å²) in [5, 5.41) is 17.3. The van der Waals surface area contributed by atoms with Crippen LogP contribution < -0.4 is 15.2 Å². The van der Waals surface area contributed by atoms with Crippen molar-refractivity contribution in [2.45, 2.75) is 12.3 Å². The van der Waals surface area contributed by atoms with Gasteiger partial charge in [-0.1, -0.05) is 12.1 Å². The fourth-order valence-electron chi connectivity index (χ4n) is 2.39. The first-order valence-electron chi connectivity index (χ1n) is 7.53. The van der Waals surface area contributed by atoms with E-state index >= 15 is 0 Å². The number of aromatic nitrogens is 4. The molecule has 1 amide bonds. The number of carbonyl (C=O) groups excluding carboxylic acids is 1. The zero-order chi connectivity index (χ0) is 17.6. The van der Waals surface area contributed by atoms with E-state index in [2.05, 4.69) is 25.9 Å². The third kappa shape index (κ3) is 4.17. The van der Waals surface area contributed by atoms with E-state index in [1.807, 2.05) is 24.3 Å². The summed E-state index contributed by atoms with van der Waals surface area (Å²) < 4.78 is 18.2. The summed E-state index contributed by atoms with van der Waals surface area (Å²) >= 11 is 0. The Bertz CT molecular complexity index is 837. The van der Waals surface area contributed by atoms with Gasteiger partial charge in [0.15, 0.2) is 0 Å². The van der Waals surface area contributed by atoms with E-state index in [9.17, 15) is 9.18 Å². The molecule has 0 unspecified atom stereocenters. The zero-order valence-electron chi connectivity index (χ0n) is 13.4. The Hall–Kier alpha value is -3.29. The highest BCUT2D eigenvalue weighted by molar-refractivity contribution is 5.95. The lowest BCUT2D eigenvalue weighted by Gasteiger charge is -2.17. The molecule has 0 aliphatic carbocycles. The van der Waals surface area contributed by atoms with Crippen LogP contribution in [-0.4, -0.2) is 28.5 Å². The summed E-state index contributed by atoms with van der Waals surface area (Å²) in [6, 6.07) is 12.9. The number of benzene rings is 2. The minimum Gasteiger partial charge on any atom is -0.497 e. The van der Waals surface area contributed by atoms with Gasteiger partial charge in [-0.05, 0) is 48.4 Å².